The molecule has 0 aliphatic rings. The van der Waals surface area contributed by atoms with Gasteiger partial charge in [-0.3, -0.25) is 4.72 Å². The number of anilines is 2. The highest BCUT2D eigenvalue weighted by Crippen LogP contribution is 2.35. The molecule has 0 unspecified atom stereocenters. The van der Waals surface area contributed by atoms with Crippen LogP contribution in [0.4, 0.5) is 28.9 Å². The number of carboxylic acids is 2. The van der Waals surface area contributed by atoms with Crippen molar-refractivity contribution >= 4 is 85.4 Å². The molecular weight excluding hydrogens is 816 g/mol. The van der Waals surface area contributed by atoms with Crippen LogP contribution in [0.25, 0.3) is 5.65 Å². The number of sulfonamides is 1. The molecule has 0 atom stereocenters. The lowest BCUT2D eigenvalue weighted by atomic mass is 10.3. The number of hydrogen-bond acceptors (Lipinski definition) is 12. The summed E-state index contributed by atoms with van der Waals surface area (Å²) in [5.74, 6) is -6.68. The van der Waals surface area contributed by atoms with Crippen molar-refractivity contribution in [3.05, 3.63) is 86.1 Å². The second kappa shape index (κ2) is 17.9. The van der Waals surface area contributed by atoms with Crippen LogP contribution in [0.3, 0.4) is 0 Å². The molecule has 0 aliphatic heterocycles. The highest BCUT2D eigenvalue weighted by Gasteiger charge is 2.26. The van der Waals surface area contributed by atoms with Gasteiger partial charge in [0.2, 0.25) is 11.8 Å². The second-order valence-electron chi connectivity index (χ2n) is 9.11. The fourth-order valence-electron chi connectivity index (χ4n) is 3.30. The average Bonchev–Trinajstić information content (AvgIpc) is 3.55. The Bertz CT molecular complexity index is 2220. The van der Waals surface area contributed by atoms with Crippen molar-refractivity contribution in [2.24, 2.45) is 0 Å². The van der Waals surface area contributed by atoms with Crippen LogP contribution in [0.15, 0.2) is 47.8 Å². The zero-order valence-electron chi connectivity index (χ0n) is 25.5. The van der Waals surface area contributed by atoms with Crippen LogP contribution in [-0.4, -0.2) is 75.5 Å². The van der Waals surface area contributed by atoms with E-state index in [1.807, 2.05) is 0 Å². The van der Waals surface area contributed by atoms with Crippen LogP contribution in [0, 0.1) is 23.4 Å². The first-order chi connectivity index (χ1) is 24.4. The smallest absolute Gasteiger partial charge is 0.341 e. The monoisotopic (exact) mass is 833 g/mol. The van der Waals surface area contributed by atoms with Gasteiger partial charge in [-0.05, 0) is 30.3 Å². The van der Waals surface area contributed by atoms with E-state index in [4.69, 9.17) is 71.8 Å². The fraction of sp³-hybridized carbons (Fsp3) is 0.111. The predicted octanol–water partition coefficient (Wildman–Crippen LogP) is 5.38. The lowest BCUT2D eigenvalue weighted by Crippen LogP contribution is -2.16. The quantitative estimate of drug-likeness (QED) is 0.102. The van der Waals surface area contributed by atoms with E-state index >= 15 is 0 Å². The van der Waals surface area contributed by atoms with Gasteiger partial charge in [0.25, 0.3) is 15.2 Å². The minimum Gasteiger partial charge on any atom is -0.480 e. The summed E-state index contributed by atoms with van der Waals surface area (Å²) >= 11 is 22.3. The van der Waals surface area contributed by atoms with Crippen LogP contribution in [0.1, 0.15) is 0 Å². The Morgan fingerprint density at radius 1 is 0.923 bits per heavy atom. The molecule has 0 aliphatic carbocycles. The lowest BCUT2D eigenvalue weighted by molar-refractivity contribution is -0.140. The topological polar surface area (TPSA) is 230 Å². The number of carboxylic acid groups (broad SMARTS) is 2. The molecule has 0 amide bonds. The number of methoxy groups -OCH3 is 1. The first-order valence-electron chi connectivity index (χ1n) is 13.2. The number of aromatic nitrogens is 5. The van der Waals surface area contributed by atoms with Crippen LogP contribution >= 0.6 is 46.4 Å². The molecule has 0 fully saturated rings. The molecule has 0 spiro atoms. The van der Waals surface area contributed by atoms with Crippen LogP contribution < -0.4 is 24.7 Å². The number of nitrogens with two attached hydrogens (primary N) is 1. The summed E-state index contributed by atoms with van der Waals surface area (Å²) in [5.41, 5.74) is 3.70. The van der Waals surface area contributed by atoms with Crippen molar-refractivity contribution in [3.63, 3.8) is 0 Å². The second-order valence-corrected chi connectivity index (χ2v) is 12.3. The molecule has 3 aromatic heterocycles. The number of nitrogens with one attached hydrogen (secondary N) is 1. The third-order valence-corrected chi connectivity index (χ3v) is 7.89. The molecule has 2 aromatic carbocycles. The normalized spacial score (nSPS) is 10.7. The molecule has 3 heterocycles. The molecule has 0 bridgehead atoms. The summed E-state index contributed by atoms with van der Waals surface area (Å²) in [6.45, 7) is -1.12. The first kappa shape index (κ1) is 41.3. The number of hydrogen-bond donors (Lipinski definition) is 4. The van der Waals surface area contributed by atoms with Crippen molar-refractivity contribution < 1.29 is 60.0 Å². The molecular formula is C27H19Cl4F4N7O9S. The number of ether oxygens (including phenoxy) is 3. The van der Waals surface area contributed by atoms with Gasteiger partial charge in [0.15, 0.2) is 24.7 Å². The van der Waals surface area contributed by atoms with E-state index in [1.54, 1.807) is 10.8 Å². The minimum atomic E-state index is -4.58. The Kier molecular flexibility index (Phi) is 14.2. The van der Waals surface area contributed by atoms with Crippen LogP contribution in [-0.2, 0) is 19.6 Å². The Hall–Kier alpha value is -5.09. The predicted molar refractivity (Wildman–Crippen MR) is 176 cm³/mol. The molecule has 278 valence electrons. The van der Waals surface area contributed by atoms with E-state index in [-0.39, 0.29) is 16.7 Å². The lowest BCUT2D eigenvalue weighted by Gasteiger charge is -2.07. The SMILES string of the molecule is COc1ncc(F)c2nc(S(=O)(=O)Nc3c(F)cccc3F)nn12.Nc1c(Cl)c(F)nc(OCC(=O)O)c1Cl.O=C(O)COc1ccc(Cl)cc1Cl. The maximum absolute atomic E-state index is 13.7. The molecule has 0 radical (unpaired) electrons. The number of para-hydroxylation sites is 1. The van der Waals surface area contributed by atoms with Gasteiger partial charge >= 0.3 is 17.9 Å². The minimum absolute atomic E-state index is 0.220. The maximum atomic E-state index is 13.7. The molecule has 5 N–H and O–H groups in total. The third kappa shape index (κ3) is 10.7. The van der Waals surface area contributed by atoms with Crippen LogP contribution in [0.2, 0.25) is 20.1 Å². The van der Waals surface area contributed by atoms with Gasteiger partial charge in [0.1, 0.15) is 33.1 Å². The van der Waals surface area contributed by atoms with Gasteiger partial charge < -0.3 is 30.2 Å². The Morgan fingerprint density at radius 3 is 2.12 bits per heavy atom. The summed E-state index contributed by atoms with van der Waals surface area (Å²) in [6, 6.07) is 7.16. The number of nitrogen functional groups attached to an aromatic ring is 1. The van der Waals surface area contributed by atoms with Gasteiger partial charge in [0, 0.05) is 5.02 Å². The summed E-state index contributed by atoms with van der Waals surface area (Å²) < 4.78 is 94.9. The van der Waals surface area contributed by atoms with Crippen molar-refractivity contribution in [3.8, 4) is 17.6 Å². The van der Waals surface area contributed by atoms with Crippen LogP contribution in [0.5, 0.6) is 17.6 Å². The molecule has 25 heteroatoms. The number of rotatable bonds is 10. The number of pyridine rings is 1. The van der Waals surface area contributed by atoms with Gasteiger partial charge in [-0.15, -0.1) is 5.10 Å². The number of fused-ring (bicyclic) bond motifs is 1. The number of aliphatic carboxylic acids is 2. The van der Waals surface area contributed by atoms with Gasteiger partial charge in [-0.25, -0.2) is 27.7 Å². The van der Waals surface area contributed by atoms with Crippen molar-refractivity contribution in [1.29, 1.82) is 0 Å². The highest BCUT2D eigenvalue weighted by atomic mass is 35.5. The van der Waals surface area contributed by atoms with E-state index in [2.05, 4.69) is 24.8 Å². The maximum Gasteiger partial charge on any atom is 0.341 e. The summed E-state index contributed by atoms with van der Waals surface area (Å²) in [7, 11) is -3.37. The van der Waals surface area contributed by atoms with Gasteiger partial charge in [-0.1, -0.05) is 52.5 Å². The molecule has 5 rings (SSSR count). The zero-order chi connectivity index (χ0) is 38.9. The van der Waals surface area contributed by atoms with Crippen molar-refractivity contribution in [2.45, 2.75) is 5.16 Å². The number of benzene rings is 2. The van der Waals surface area contributed by atoms with Gasteiger partial charge in [-0.2, -0.15) is 27.3 Å². The number of nitrogens with zero attached hydrogens (tertiary/aromatic N) is 5. The fourth-order valence-corrected chi connectivity index (χ4v) is 5.09. The molecule has 16 nitrogen and oxygen atoms in total. The molecule has 0 saturated carbocycles. The summed E-state index contributed by atoms with van der Waals surface area (Å²) in [4.78, 5) is 30.6. The average molecular weight is 835 g/mol. The van der Waals surface area contributed by atoms with Crippen molar-refractivity contribution in [2.75, 3.05) is 30.8 Å². The Morgan fingerprint density at radius 2 is 1.54 bits per heavy atom. The molecule has 52 heavy (non-hydrogen) atoms. The number of carbonyl (C=O) groups is 2. The van der Waals surface area contributed by atoms with Crippen molar-refractivity contribution in [1.82, 2.24) is 24.6 Å². The zero-order valence-corrected chi connectivity index (χ0v) is 29.3. The largest absolute Gasteiger partial charge is 0.480 e. The molecule has 5 aromatic rings. The van der Waals surface area contributed by atoms with E-state index in [1.165, 1.54) is 19.2 Å². The summed E-state index contributed by atoms with van der Waals surface area (Å²) in [6.07, 6.45) is 0.767. The van der Waals surface area contributed by atoms with E-state index in [0.717, 1.165) is 24.4 Å². The van der Waals surface area contributed by atoms with E-state index < -0.39 is 86.0 Å². The van der Waals surface area contributed by atoms with Gasteiger partial charge in [0.05, 0.1) is 24.0 Å². The third-order valence-electron chi connectivity index (χ3n) is 5.51. The summed E-state index contributed by atoms with van der Waals surface area (Å²) in [5, 5.41) is 19.4. The standard InChI is InChI=1S/C12H8F3N5O3S.C8H6Cl2O3.C7H5Cl2FN2O3/c1-23-12-16-5-8(15)10-17-11(18-20(10)12)24(21,22)19-9-6(13)3-2-4-7(9)14;9-5-1-2-7(6(10)3-5)13-4-8(11)12;8-3-5(11)4(9)7(12-6(3)10)15-1-2(13)14/h2-5,19H,1H3;1-3H,4H2,(H,11,12);1H2,(H2,11,12)(H,13,14). The first-order valence-corrected chi connectivity index (χ1v) is 16.2. The Balaban J connectivity index is 0.000000225. The highest BCUT2D eigenvalue weighted by molar-refractivity contribution is 7.92. The van der Waals surface area contributed by atoms with E-state index in [0.29, 0.717) is 20.3 Å². The number of halogens is 8. The van der Waals surface area contributed by atoms with E-state index in [9.17, 15) is 35.6 Å². The Labute approximate surface area is 308 Å². The molecule has 0 saturated heterocycles.